The van der Waals surface area contributed by atoms with E-state index in [0.29, 0.717) is 30.8 Å². The number of amides is 2. The van der Waals surface area contributed by atoms with Crippen LogP contribution in [-0.4, -0.2) is 67.2 Å². The van der Waals surface area contributed by atoms with E-state index < -0.39 is 6.04 Å². The van der Waals surface area contributed by atoms with Crippen molar-refractivity contribution in [3.63, 3.8) is 0 Å². The normalized spacial score (nSPS) is 21.2. The monoisotopic (exact) mass is 380 g/mol. The third-order valence-corrected chi connectivity index (χ3v) is 4.94. The van der Waals surface area contributed by atoms with Crippen LogP contribution in [0.5, 0.6) is 5.75 Å². The third kappa shape index (κ3) is 5.38. The Morgan fingerprint density at radius 1 is 1.31 bits per heavy atom. The molecule has 0 aliphatic carbocycles. The molecule has 1 fully saturated rings. The Hall–Kier alpha value is -1.73. The minimum atomic E-state index is -0.558. The van der Waals surface area contributed by atoms with E-state index in [9.17, 15) is 9.59 Å². The number of methoxy groups -OCH3 is 1. The molecule has 1 aliphatic heterocycles. The fraction of sp³-hybridized carbons (Fsp3) is 0.579. The van der Waals surface area contributed by atoms with Gasteiger partial charge >= 0.3 is 0 Å². The number of thioether (sulfide) groups is 1. The molecule has 6 nitrogen and oxygen atoms in total. The SMILES string of the molecule is COc1ccccc1C(=O)N[C@@H](CCSC)C(=O)N1C[C@H](C)O[C@@H](C)C1. The molecule has 26 heavy (non-hydrogen) atoms. The maximum atomic E-state index is 13.0. The van der Waals surface area contributed by atoms with E-state index in [1.807, 2.05) is 26.2 Å². The van der Waals surface area contributed by atoms with Gasteiger partial charge in [-0.05, 0) is 44.4 Å². The van der Waals surface area contributed by atoms with Crippen LogP contribution in [0.1, 0.15) is 30.6 Å². The number of morpholine rings is 1. The van der Waals surface area contributed by atoms with Crippen LogP contribution >= 0.6 is 11.8 Å². The van der Waals surface area contributed by atoms with Gasteiger partial charge in [0.25, 0.3) is 5.91 Å². The zero-order chi connectivity index (χ0) is 19.1. The highest BCUT2D eigenvalue weighted by atomic mass is 32.2. The van der Waals surface area contributed by atoms with Crippen LogP contribution in [-0.2, 0) is 9.53 Å². The number of carbonyl (C=O) groups excluding carboxylic acids is 2. The maximum absolute atomic E-state index is 13.0. The van der Waals surface area contributed by atoms with Gasteiger partial charge < -0.3 is 19.7 Å². The van der Waals surface area contributed by atoms with Gasteiger partial charge in [0.15, 0.2) is 0 Å². The molecular weight excluding hydrogens is 352 g/mol. The van der Waals surface area contributed by atoms with Gasteiger partial charge in [-0.2, -0.15) is 11.8 Å². The van der Waals surface area contributed by atoms with E-state index in [-0.39, 0.29) is 24.0 Å². The summed E-state index contributed by atoms with van der Waals surface area (Å²) >= 11 is 1.65. The number of nitrogens with zero attached hydrogens (tertiary/aromatic N) is 1. The number of benzene rings is 1. The minimum Gasteiger partial charge on any atom is -0.496 e. The lowest BCUT2D eigenvalue weighted by Crippen LogP contribution is -2.55. The number of para-hydroxylation sites is 1. The Balaban J connectivity index is 2.13. The number of hydrogen-bond donors (Lipinski definition) is 1. The van der Waals surface area contributed by atoms with E-state index >= 15 is 0 Å². The van der Waals surface area contributed by atoms with Crippen LogP contribution in [0.25, 0.3) is 0 Å². The molecule has 144 valence electrons. The average molecular weight is 381 g/mol. The summed E-state index contributed by atoms with van der Waals surface area (Å²) in [6.07, 6.45) is 2.56. The fourth-order valence-corrected chi connectivity index (χ4v) is 3.61. The Bertz CT molecular complexity index is 615. The van der Waals surface area contributed by atoms with E-state index in [0.717, 1.165) is 5.75 Å². The summed E-state index contributed by atoms with van der Waals surface area (Å²) in [7, 11) is 1.53. The van der Waals surface area contributed by atoms with E-state index in [1.54, 1.807) is 34.9 Å². The molecule has 2 amide bonds. The lowest BCUT2D eigenvalue weighted by Gasteiger charge is -2.37. The predicted molar refractivity (Wildman–Crippen MR) is 104 cm³/mol. The molecule has 7 heteroatoms. The molecule has 0 unspecified atom stereocenters. The van der Waals surface area contributed by atoms with Gasteiger partial charge in [0, 0.05) is 13.1 Å². The minimum absolute atomic E-state index is 0.00572. The molecule has 0 bridgehead atoms. The molecule has 0 saturated carbocycles. The number of hydrogen-bond acceptors (Lipinski definition) is 5. The Kier molecular flexibility index (Phi) is 7.78. The van der Waals surface area contributed by atoms with Crippen molar-refractivity contribution in [1.29, 1.82) is 0 Å². The van der Waals surface area contributed by atoms with Gasteiger partial charge in [0.2, 0.25) is 5.91 Å². The summed E-state index contributed by atoms with van der Waals surface area (Å²) in [5.41, 5.74) is 0.431. The fourth-order valence-electron chi connectivity index (χ4n) is 3.14. The van der Waals surface area contributed by atoms with Crippen LogP contribution in [0, 0.1) is 0 Å². The quantitative estimate of drug-likeness (QED) is 0.785. The first kappa shape index (κ1) is 20.6. The smallest absolute Gasteiger partial charge is 0.255 e. The zero-order valence-electron chi connectivity index (χ0n) is 15.9. The zero-order valence-corrected chi connectivity index (χ0v) is 16.7. The number of nitrogens with one attached hydrogen (secondary N) is 1. The van der Waals surface area contributed by atoms with Crippen molar-refractivity contribution < 1.29 is 19.1 Å². The second-order valence-corrected chi connectivity index (χ2v) is 7.49. The van der Waals surface area contributed by atoms with E-state index in [2.05, 4.69) is 5.32 Å². The summed E-state index contributed by atoms with van der Waals surface area (Å²) in [5.74, 6) is 0.938. The van der Waals surface area contributed by atoms with Gasteiger partial charge in [-0.15, -0.1) is 0 Å². The average Bonchev–Trinajstić information content (AvgIpc) is 2.63. The summed E-state index contributed by atoms with van der Waals surface area (Å²) in [5, 5.41) is 2.91. The molecule has 1 saturated heterocycles. The molecule has 1 aromatic carbocycles. The Morgan fingerprint density at radius 2 is 1.96 bits per heavy atom. The number of carbonyl (C=O) groups is 2. The number of ether oxygens (including phenoxy) is 2. The highest BCUT2D eigenvalue weighted by Gasteiger charge is 2.31. The van der Waals surface area contributed by atoms with Crippen LogP contribution in [0.2, 0.25) is 0 Å². The highest BCUT2D eigenvalue weighted by molar-refractivity contribution is 7.98. The first-order chi connectivity index (χ1) is 12.5. The molecule has 2 rings (SSSR count). The van der Waals surface area contributed by atoms with E-state index in [4.69, 9.17) is 9.47 Å². The van der Waals surface area contributed by atoms with Crippen LogP contribution in [0.3, 0.4) is 0 Å². The van der Waals surface area contributed by atoms with Gasteiger partial charge in [0.1, 0.15) is 11.8 Å². The summed E-state index contributed by atoms with van der Waals surface area (Å²) in [6.45, 7) is 5.01. The third-order valence-electron chi connectivity index (χ3n) is 4.30. The first-order valence-corrected chi connectivity index (χ1v) is 10.2. The van der Waals surface area contributed by atoms with Crippen molar-refractivity contribution in [1.82, 2.24) is 10.2 Å². The molecule has 0 aromatic heterocycles. The Morgan fingerprint density at radius 3 is 2.58 bits per heavy atom. The summed E-state index contributed by atoms with van der Waals surface area (Å²) in [6, 6.07) is 6.46. The maximum Gasteiger partial charge on any atom is 0.255 e. The first-order valence-electron chi connectivity index (χ1n) is 8.83. The molecular formula is C19H28N2O4S. The molecule has 1 aromatic rings. The van der Waals surface area contributed by atoms with Crippen molar-refractivity contribution in [2.75, 3.05) is 32.2 Å². The standard InChI is InChI=1S/C19H28N2O4S/c1-13-11-21(12-14(2)25-13)19(23)16(9-10-26-4)20-18(22)15-7-5-6-8-17(15)24-3/h5-8,13-14,16H,9-12H2,1-4H3,(H,20,22)/t13-,14-,16-/m0/s1. The van der Waals surface area contributed by atoms with Gasteiger partial charge in [0.05, 0.1) is 24.9 Å². The van der Waals surface area contributed by atoms with Crippen molar-refractivity contribution in [3.05, 3.63) is 29.8 Å². The van der Waals surface area contributed by atoms with Crippen molar-refractivity contribution >= 4 is 23.6 Å². The van der Waals surface area contributed by atoms with Crippen LogP contribution in [0.15, 0.2) is 24.3 Å². The molecule has 1 heterocycles. The second kappa shape index (κ2) is 9.83. The lowest BCUT2D eigenvalue weighted by atomic mass is 10.1. The molecule has 0 radical (unpaired) electrons. The van der Waals surface area contributed by atoms with Gasteiger partial charge in [-0.3, -0.25) is 9.59 Å². The lowest BCUT2D eigenvalue weighted by molar-refractivity contribution is -0.145. The van der Waals surface area contributed by atoms with Crippen LogP contribution < -0.4 is 10.1 Å². The topological polar surface area (TPSA) is 67.9 Å². The van der Waals surface area contributed by atoms with Crippen molar-refractivity contribution in [3.8, 4) is 5.75 Å². The Labute approximate surface area is 159 Å². The number of rotatable bonds is 7. The molecule has 3 atom stereocenters. The second-order valence-electron chi connectivity index (χ2n) is 6.51. The molecule has 1 N–H and O–H groups in total. The van der Waals surface area contributed by atoms with E-state index in [1.165, 1.54) is 7.11 Å². The summed E-state index contributed by atoms with van der Waals surface area (Å²) < 4.78 is 11.0. The highest BCUT2D eigenvalue weighted by Crippen LogP contribution is 2.18. The largest absolute Gasteiger partial charge is 0.496 e. The van der Waals surface area contributed by atoms with Crippen molar-refractivity contribution in [2.45, 2.75) is 38.5 Å². The predicted octanol–water partition coefficient (Wildman–Crippen LogP) is 2.18. The molecule has 1 aliphatic rings. The molecule has 0 spiro atoms. The van der Waals surface area contributed by atoms with Gasteiger partial charge in [-0.1, -0.05) is 12.1 Å². The summed E-state index contributed by atoms with van der Waals surface area (Å²) in [4.78, 5) is 27.6. The van der Waals surface area contributed by atoms with Gasteiger partial charge in [-0.25, -0.2) is 0 Å². The van der Waals surface area contributed by atoms with Crippen molar-refractivity contribution in [2.24, 2.45) is 0 Å². The van der Waals surface area contributed by atoms with Crippen LogP contribution in [0.4, 0.5) is 0 Å².